The predicted octanol–water partition coefficient (Wildman–Crippen LogP) is 2.05. The van der Waals surface area contributed by atoms with E-state index in [4.69, 9.17) is 6.57 Å². The number of ether oxygens (including phenoxy) is 1. The largest absolute Gasteiger partial charge is 0.457 e. The van der Waals surface area contributed by atoms with E-state index in [1.807, 2.05) is 0 Å². The van der Waals surface area contributed by atoms with Gasteiger partial charge in [-0.15, -0.1) is 0 Å². The van der Waals surface area contributed by atoms with E-state index in [-0.39, 0.29) is 17.9 Å². The van der Waals surface area contributed by atoms with E-state index in [2.05, 4.69) is 9.58 Å². The summed E-state index contributed by atoms with van der Waals surface area (Å²) in [4.78, 5) is 13.9. The molecule has 0 saturated carbocycles. The quantitative estimate of drug-likeness (QED) is 0.448. The van der Waals surface area contributed by atoms with Crippen molar-refractivity contribution in [1.29, 1.82) is 0 Å². The summed E-state index contributed by atoms with van der Waals surface area (Å²) < 4.78 is 17.7. The lowest BCUT2D eigenvalue weighted by molar-refractivity contribution is 0.0535. The second-order valence-electron chi connectivity index (χ2n) is 2.65. The Hall–Kier alpha value is -1.89. The van der Waals surface area contributed by atoms with Gasteiger partial charge in [-0.2, -0.15) is 0 Å². The molecule has 2 rings (SSSR count). The van der Waals surface area contributed by atoms with Gasteiger partial charge < -0.3 is 4.74 Å². The zero-order chi connectivity index (χ0) is 9.42. The Morgan fingerprint density at radius 2 is 2.31 bits per heavy atom. The molecule has 1 aromatic carbocycles. The number of fused-ring (bicyclic) bond motifs is 1. The highest BCUT2D eigenvalue weighted by Gasteiger charge is 2.23. The fraction of sp³-hybridized carbons (Fsp3) is 0.111. The van der Waals surface area contributed by atoms with E-state index in [0.29, 0.717) is 5.56 Å². The first-order valence-corrected chi connectivity index (χ1v) is 3.59. The van der Waals surface area contributed by atoms with Crippen molar-refractivity contribution in [1.82, 2.24) is 0 Å². The topological polar surface area (TPSA) is 30.7 Å². The minimum absolute atomic E-state index is 0.0722. The van der Waals surface area contributed by atoms with Crippen LogP contribution < -0.4 is 0 Å². The number of benzene rings is 1. The summed E-state index contributed by atoms with van der Waals surface area (Å²) in [5.74, 6) is -1.20. The normalized spacial score (nSPS) is 13.4. The molecule has 0 aromatic heterocycles. The van der Waals surface area contributed by atoms with E-state index in [1.54, 1.807) is 0 Å². The van der Waals surface area contributed by atoms with Crippen LogP contribution in [0.25, 0.3) is 4.85 Å². The van der Waals surface area contributed by atoms with Gasteiger partial charge in [0.2, 0.25) is 5.69 Å². The number of hydrogen-bond acceptors (Lipinski definition) is 2. The van der Waals surface area contributed by atoms with Crippen LogP contribution in [-0.4, -0.2) is 5.97 Å². The van der Waals surface area contributed by atoms with Crippen molar-refractivity contribution in [2.24, 2.45) is 0 Å². The third-order valence-electron chi connectivity index (χ3n) is 1.87. The van der Waals surface area contributed by atoms with Gasteiger partial charge in [0.15, 0.2) is 0 Å². The van der Waals surface area contributed by atoms with Crippen molar-refractivity contribution in [2.75, 3.05) is 0 Å². The second kappa shape index (κ2) is 2.56. The number of nitrogens with zero attached hydrogens (tertiary/aromatic N) is 1. The van der Waals surface area contributed by atoms with Gasteiger partial charge in [-0.25, -0.2) is 14.0 Å². The molecule has 0 fully saturated rings. The Balaban J connectivity index is 2.65. The summed E-state index contributed by atoms with van der Waals surface area (Å²) in [7, 11) is 0. The Morgan fingerprint density at radius 1 is 1.54 bits per heavy atom. The zero-order valence-electron chi connectivity index (χ0n) is 6.50. The molecule has 0 atom stereocenters. The molecule has 0 bridgehead atoms. The van der Waals surface area contributed by atoms with Crippen LogP contribution in [0.4, 0.5) is 10.1 Å². The van der Waals surface area contributed by atoms with Gasteiger partial charge in [0, 0.05) is 0 Å². The molecule has 1 aliphatic rings. The van der Waals surface area contributed by atoms with Crippen molar-refractivity contribution < 1.29 is 13.9 Å². The van der Waals surface area contributed by atoms with E-state index in [9.17, 15) is 9.18 Å². The lowest BCUT2D eigenvalue weighted by atomic mass is 10.1. The van der Waals surface area contributed by atoms with Crippen molar-refractivity contribution >= 4 is 11.7 Å². The fourth-order valence-corrected chi connectivity index (χ4v) is 1.22. The smallest absolute Gasteiger partial charge is 0.338 e. The first-order valence-electron chi connectivity index (χ1n) is 3.59. The summed E-state index contributed by atoms with van der Waals surface area (Å²) in [5, 5.41) is 0. The van der Waals surface area contributed by atoms with E-state index >= 15 is 0 Å². The van der Waals surface area contributed by atoms with Gasteiger partial charge in [-0.05, 0) is 17.7 Å². The third kappa shape index (κ3) is 1.05. The van der Waals surface area contributed by atoms with Crippen LogP contribution in [-0.2, 0) is 11.3 Å². The molecule has 4 heteroatoms. The van der Waals surface area contributed by atoms with Crippen LogP contribution in [0.1, 0.15) is 15.9 Å². The molecule has 0 unspecified atom stereocenters. The molecular formula is C9H4FNO2. The van der Waals surface area contributed by atoms with Crippen molar-refractivity contribution in [3.05, 3.63) is 40.5 Å². The van der Waals surface area contributed by atoms with Crippen LogP contribution in [0.5, 0.6) is 0 Å². The molecule has 0 spiro atoms. The second-order valence-corrected chi connectivity index (χ2v) is 2.65. The number of esters is 1. The molecule has 64 valence electrons. The number of cyclic esters (lactones) is 1. The molecule has 0 radical (unpaired) electrons. The molecule has 0 amide bonds. The fourth-order valence-electron chi connectivity index (χ4n) is 1.22. The zero-order valence-corrected chi connectivity index (χ0v) is 6.50. The first kappa shape index (κ1) is 7.74. The monoisotopic (exact) mass is 177 g/mol. The predicted molar refractivity (Wildman–Crippen MR) is 41.8 cm³/mol. The number of rotatable bonds is 0. The number of carbonyl (C=O) groups excluding carboxylic acids is 1. The minimum atomic E-state index is -0.674. The highest BCUT2D eigenvalue weighted by molar-refractivity contribution is 5.94. The van der Waals surface area contributed by atoms with E-state index in [1.165, 1.54) is 6.07 Å². The average molecular weight is 177 g/mol. The maximum Gasteiger partial charge on any atom is 0.338 e. The highest BCUT2D eigenvalue weighted by Crippen LogP contribution is 2.27. The molecule has 1 heterocycles. The Kier molecular flexibility index (Phi) is 1.52. The Morgan fingerprint density at radius 3 is 3.00 bits per heavy atom. The van der Waals surface area contributed by atoms with Crippen LogP contribution in [0.3, 0.4) is 0 Å². The highest BCUT2D eigenvalue weighted by atomic mass is 19.1. The summed E-state index contributed by atoms with van der Waals surface area (Å²) in [6.07, 6.45) is 0. The molecule has 3 nitrogen and oxygen atoms in total. The van der Waals surface area contributed by atoms with Gasteiger partial charge in [0.25, 0.3) is 0 Å². The summed E-state index contributed by atoms with van der Waals surface area (Å²) in [6.45, 7) is 6.79. The van der Waals surface area contributed by atoms with Crippen molar-refractivity contribution in [3.63, 3.8) is 0 Å². The van der Waals surface area contributed by atoms with Gasteiger partial charge in [0.05, 0.1) is 12.1 Å². The summed E-state index contributed by atoms with van der Waals surface area (Å²) in [5.41, 5.74) is 0.736. The number of halogens is 1. The average Bonchev–Trinajstić information content (AvgIpc) is 2.47. The maximum absolute atomic E-state index is 13.0. The van der Waals surface area contributed by atoms with Crippen LogP contribution in [0, 0.1) is 12.4 Å². The van der Waals surface area contributed by atoms with Crippen molar-refractivity contribution in [2.45, 2.75) is 6.61 Å². The Labute approximate surface area is 73.6 Å². The minimum Gasteiger partial charge on any atom is -0.457 e. The van der Waals surface area contributed by atoms with Crippen molar-refractivity contribution in [3.8, 4) is 0 Å². The molecule has 0 aliphatic carbocycles. The lowest BCUT2D eigenvalue weighted by Crippen LogP contribution is -1.94. The number of carbonyl (C=O) groups is 1. The van der Waals surface area contributed by atoms with E-state index in [0.717, 1.165) is 6.07 Å². The van der Waals surface area contributed by atoms with Crippen LogP contribution in [0.2, 0.25) is 0 Å². The molecule has 0 saturated heterocycles. The summed E-state index contributed by atoms with van der Waals surface area (Å²) in [6, 6.07) is 2.40. The van der Waals surface area contributed by atoms with E-state index < -0.39 is 11.8 Å². The van der Waals surface area contributed by atoms with Gasteiger partial charge in [-0.1, -0.05) is 0 Å². The molecule has 13 heavy (non-hydrogen) atoms. The van der Waals surface area contributed by atoms with Crippen LogP contribution in [0.15, 0.2) is 12.1 Å². The molecule has 0 N–H and O–H groups in total. The summed E-state index contributed by atoms with van der Waals surface area (Å²) >= 11 is 0. The van der Waals surface area contributed by atoms with Crippen LogP contribution >= 0.6 is 0 Å². The molecule has 1 aliphatic heterocycles. The number of hydrogen-bond donors (Lipinski definition) is 0. The van der Waals surface area contributed by atoms with Gasteiger partial charge in [-0.3, -0.25) is 0 Å². The maximum atomic E-state index is 13.0. The SMILES string of the molecule is [C-]#[N+]c1cc2c(cc1F)C(=O)OC2. The Bertz CT molecular complexity index is 434. The standard InChI is InChI=1S/C9H4FNO2/c1-11-8-2-5-4-13-9(12)6(5)3-7(8)10/h2-3H,4H2. The lowest BCUT2D eigenvalue weighted by Gasteiger charge is -1.96. The molecular weight excluding hydrogens is 173 g/mol. The van der Waals surface area contributed by atoms with Gasteiger partial charge in [0.1, 0.15) is 12.4 Å². The first-order chi connectivity index (χ1) is 6.22. The third-order valence-corrected chi connectivity index (χ3v) is 1.87. The van der Waals surface area contributed by atoms with Gasteiger partial charge >= 0.3 is 5.97 Å². The molecule has 1 aromatic rings.